The Labute approximate surface area is 144 Å². The van der Waals surface area contributed by atoms with Gasteiger partial charge in [0.1, 0.15) is 12.1 Å². The van der Waals surface area contributed by atoms with Crippen LogP contribution in [0.3, 0.4) is 0 Å². The average molecular weight is 336 g/mol. The Morgan fingerprint density at radius 3 is 2.48 bits per heavy atom. The molecule has 25 heavy (non-hydrogen) atoms. The molecule has 0 saturated heterocycles. The van der Waals surface area contributed by atoms with Crippen molar-refractivity contribution in [2.24, 2.45) is 0 Å². The van der Waals surface area contributed by atoms with E-state index in [-0.39, 0.29) is 17.3 Å². The van der Waals surface area contributed by atoms with Crippen molar-refractivity contribution in [2.75, 3.05) is 17.3 Å². The van der Waals surface area contributed by atoms with Crippen LogP contribution in [0.2, 0.25) is 0 Å². The Balaban J connectivity index is 2.14. The van der Waals surface area contributed by atoms with Crippen LogP contribution in [0, 0.1) is 10.1 Å². The minimum absolute atomic E-state index is 0.156. The molecule has 3 aromatic rings. The van der Waals surface area contributed by atoms with Crippen molar-refractivity contribution >= 4 is 23.1 Å². The molecule has 1 aromatic carbocycles. The Morgan fingerprint density at radius 1 is 1.08 bits per heavy atom. The molecule has 2 heterocycles. The van der Waals surface area contributed by atoms with E-state index in [1.54, 1.807) is 30.3 Å². The number of benzene rings is 1. The van der Waals surface area contributed by atoms with Gasteiger partial charge in [-0.15, -0.1) is 0 Å². The molecule has 0 aliphatic heterocycles. The highest BCUT2D eigenvalue weighted by molar-refractivity contribution is 5.74. The first-order chi connectivity index (χ1) is 12.2. The molecule has 2 aromatic heterocycles. The summed E-state index contributed by atoms with van der Waals surface area (Å²) in [6.07, 6.45) is 2.94. The van der Waals surface area contributed by atoms with Crippen LogP contribution in [0.1, 0.15) is 5.56 Å². The molecule has 0 bridgehead atoms. The van der Waals surface area contributed by atoms with Gasteiger partial charge in [0, 0.05) is 13.2 Å². The van der Waals surface area contributed by atoms with Crippen molar-refractivity contribution in [1.29, 1.82) is 0 Å². The second kappa shape index (κ2) is 7.35. The van der Waals surface area contributed by atoms with Crippen molar-refractivity contribution in [3.05, 3.63) is 76.7 Å². The number of hydrogen-bond donors (Lipinski definition) is 1. The Morgan fingerprint density at radius 2 is 1.84 bits per heavy atom. The summed E-state index contributed by atoms with van der Waals surface area (Å²) in [5.41, 5.74) is 0.790. The normalized spacial score (nSPS) is 10.3. The molecule has 1 N–H and O–H groups in total. The Kier molecular flexibility index (Phi) is 4.79. The molecule has 8 heteroatoms. The molecular weight excluding hydrogens is 320 g/mol. The highest BCUT2D eigenvalue weighted by Crippen LogP contribution is 2.35. The molecule has 0 radical (unpaired) electrons. The molecule has 0 spiro atoms. The van der Waals surface area contributed by atoms with E-state index in [1.807, 2.05) is 36.4 Å². The van der Waals surface area contributed by atoms with E-state index in [0.717, 1.165) is 5.56 Å². The summed E-state index contributed by atoms with van der Waals surface area (Å²) in [6, 6.07) is 15.0. The van der Waals surface area contributed by atoms with Gasteiger partial charge in [-0.25, -0.2) is 15.0 Å². The topological polar surface area (TPSA) is 97.1 Å². The van der Waals surface area contributed by atoms with Crippen molar-refractivity contribution in [2.45, 2.75) is 6.54 Å². The zero-order chi connectivity index (χ0) is 17.6. The van der Waals surface area contributed by atoms with Gasteiger partial charge in [-0.1, -0.05) is 36.4 Å². The van der Waals surface area contributed by atoms with Crippen LogP contribution in [0.25, 0.3) is 0 Å². The van der Waals surface area contributed by atoms with E-state index in [4.69, 9.17) is 0 Å². The first kappa shape index (κ1) is 16.3. The molecule has 0 unspecified atom stereocenters. The molecule has 0 aliphatic rings. The van der Waals surface area contributed by atoms with E-state index >= 15 is 0 Å². The second-order valence-corrected chi connectivity index (χ2v) is 5.16. The van der Waals surface area contributed by atoms with Crippen molar-refractivity contribution in [3.63, 3.8) is 0 Å². The maximum Gasteiger partial charge on any atom is 0.353 e. The fourth-order valence-corrected chi connectivity index (χ4v) is 2.46. The third-order valence-electron chi connectivity index (χ3n) is 3.59. The first-order valence-corrected chi connectivity index (χ1v) is 7.60. The van der Waals surface area contributed by atoms with Gasteiger partial charge in [0.15, 0.2) is 0 Å². The first-order valence-electron chi connectivity index (χ1n) is 7.60. The standard InChI is InChI=1S/C17H16N6O2/c1-18-16-15(23(24)25)17(21-12-20-16)22(14-9-5-6-10-19-14)11-13-7-3-2-4-8-13/h2-10,12H,11H2,1H3,(H,18,20,21). The highest BCUT2D eigenvalue weighted by Gasteiger charge is 2.28. The van der Waals surface area contributed by atoms with Crippen molar-refractivity contribution in [3.8, 4) is 0 Å². The largest absolute Gasteiger partial charge is 0.367 e. The fraction of sp³-hybridized carbons (Fsp3) is 0.118. The van der Waals surface area contributed by atoms with Crippen LogP contribution < -0.4 is 10.2 Å². The summed E-state index contributed by atoms with van der Waals surface area (Å²) < 4.78 is 0. The average Bonchev–Trinajstić information content (AvgIpc) is 2.67. The predicted octanol–water partition coefficient (Wildman–Crippen LogP) is 3.16. The number of rotatable bonds is 6. The number of anilines is 3. The van der Waals surface area contributed by atoms with Crippen LogP contribution in [-0.2, 0) is 6.54 Å². The number of hydrogen-bond acceptors (Lipinski definition) is 7. The van der Waals surface area contributed by atoms with E-state index in [0.29, 0.717) is 12.4 Å². The van der Waals surface area contributed by atoms with Gasteiger partial charge in [0.2, 0.25) is 11.6 Å². The monoisotopic (exact) mass is 336 g/mol. The maximum atomic E-state index is 11.6. The van der Waals surface area contributed by atoms with E-state index in [1.165, 1.54) is 6.33 Å². The number of nitro groups is 1. The fourth-order valence-electron chi connectivity index (χ4n) is 2.46. The summed E-state index contributed by atoms with van der Waals surface area (Å²) in [6.45, 7) is 0.388. The van der Waals surface area contributed by atoms with Crippen LogP contribution in [0.5, 0.6) is 0 Å². The van der Waals surface area contributed by atoms with E-state index in [2.05, 4.69) is 20.3 Å². The Bertz CT molecular complexity index is 858. The lowest BCUT2D eigenvalue weighted by Gasteiger charge is -2.22. The maximum absolute atomic E-state index is 11.6. The quantitative estimate of drug-likeness (QED) is 0.545. The summed E-state index contributed by atoms with van der Waals surface area (Å²) >= 11 is 0. The minimum Gasteiger partial charge on any atom is -0.367 e. The zero-order valence-corrected chi connectivity index (χ0v) is 13.5. The van der Waals surface area contributed by atoms with Gasteiger partial charge in [-0.05, 0) is 17.7 Å². The lowest BCUT2D eigenvalue weighted by molar-refractivity contribution is -0.383. The van der Waals surface area contributed by atoms with E-state index < -0.39 is 4.92 Å². The molecule has 0 amide bonds. The van der Waals surface area contributed by atoms with Gasteiger partial charge in [0.25, 0.3) is 0 Å². The smallest absolute Gasteiger partial charge is 0.353 e. The number of aromatic nitrogens is 3. The summed E-state index contributed by atoms with van der Waals surface area (Å²) in [7, 11) is 1.58. The van der Waals surface area contributed by atoms with Gasteiger partial charge < -0.3 is 10.2 Å². The molecule has 0 aliphatic carbocycles. The highest BCUT2D eigenvalue weighted by atomic mass is 16.6. The predicted molar refractivity (Wildman–Crippen MR) is 94.8 cm³/mol. The lowest BCUT2D eigenvalue weighted by Crippen LogP contribution is -2.21. The minimum atomic E-state index is -0.484. The molecule has 126 valence electrons. The molecule has 0 saturated carbocycles. The molecule has 8 nitrogen and oxygen atoms in total. The zero-order valence-electron chi connectivity index (χ0n) is 13.5. The van der Waals surface area contributed by atoms with Crippen LogP contribution in [0.4, 0.5) is 23.1 Å². The summed E-state index contributed by atoms with van der Waals surface area (Å²) in [5.74, 6) is 0.908. The lowest BCUT2D eigenvalue weighted by atomic mass is 10.2. The molecule has 0 fully saturated rings. The number of nitrogens with one attached hydrogen (secondary N) is 1. The Hall–Kier alpha value is -3.55. The van der Waals surface area contributed by atoms with Crippen LogP contribution >= 0.6 is 0 Å². The number of nitrogens with zero attached hydrogens (tertiary/aromatic N) is 5. The van der Waals surface area contributed by atoms with Crippen molar-refractivity contribution < 1.29 is 4.92 Å². The van der Waals surface area contributed by atoms with Gasteiger partial charge in [-0.3, -0.25) is 10.1 Å². The summed E-state index contributed by atoms with van der Waals surface area (Å²) in [4.78, 5) is 25.3. The third-order valence-corrected chi connectivity index (χ3v) is 3.59. The summed E-state index contributed by atoms with van der Waals surface area (Å²) in [5, 5.41) is 14.4. The van der Waals surface area contributed by atoms with E-state index in [9.17, 15) is 10.1 Å². The van der Waals surface area contributed by atoms with Crippen molar-refractivity contribution in [1.82, 2.24) is 15.0 Å². The van der Waals surface area contributed by atoms with Gasteiger partial charge in [0.05, 0.1) is 11.5 Å². The SMILES string of the molecule is CNc1ncnc(N(Cc2ccccc2)c2ccccn2)c1[N+](=O)[O-]. The number of pyridine rings is 1. The third kappa shape index (κ3) is 3.52. The molecular formula is C17H16N6O2. The molecule has 3 rings (SSSR count). The van der Waals surface area contributed by atoms with Crippen LogP contribution in [0.15, 0.2) is 61.1 Å². The van der Waals surface area contributed by atoms with Crippen LogP contribution in [-0.4, -0.2) is 26.9 Å². The molecule has 0 atom stereocenters. The second-order valence-electron chi connectivity index (χ2n) is 5.16. The van der Waals surface area contributed by atoms with Gasteiger partial charge >= 0.3 is 5.69 Å². The van der Waals surface area contributed by atoms with Gasteiger partial charge in [-0.2, -0.15) is 0 Å².